The van der Waals surface area contributed by atoms with E-state index in [1.807, 2.05) is 0 Å². The lowest BCUT2D eigenvalue weighted by molar-refractivity contribution is 1.19. The third-order valence-corrected chi connectivity index (χ3v) is 7.42. The maximum atomic E-state index is 2.52. The Morgan fingerprint density at radius 1 is 0.531 bits per heavy atom. The molecule has 0 saturated carbocycles. The SMILES string of the molecule is c1ccc(-c2ccc3c4c2c2ccccc2n4-c2cccc4c2B3c2ccccc2-4)cc1. The van der Waals surface area contributed by atoms with Gasteiger partial charge in [-0.2, -0.15) is 0 Å². The summed E-state index contributed by atoms with van der Waals surface area (Å²) >= 11 is 0. The van der Waals surface area contributed by atoms with E-state index in [-0.39, 0.29) is 0 Å². The molecule has 3 heterocycles. The van der Waals surface area contributed by atoms with Crippen LogP contribution in [-0.2, 0) is 0 Å². The average Bonchev–Trinajstić information content (AvgIpc) is 3.39. The van der Waals surface area contributed by atoms with Crippen LogP contribution in [0.4, 0.5) is 0 Å². The van der Waals surface area contributed by atoms with Gasteiger partial charge in [-0.1, -0.05) is 103 Å². The van der Waals surface area contributed by atoms with E-state index in [4.69, 9.17) is 0 Å². The molecule has 2 heteroatoms. The molecule has 0 radical (unpaired) electrons. The molecule has 0 spiro atoms. The van der Waals surface area contributed by atoms with E-state index in [9.17, 15) is 0 Å². The van der Waals surface area contributed by atoms with Crippen molar-refractivity contribution in [3.63, 3.8) is 0 Å². The topological polar surface area (TPSA) is 4.93 Å². The molecule has 5 aromatic carbocycles. The van der Waals surface area contributed by atoms with Gasteiger partial charge in [0.1, 0.15) is 0 Å². The van der Waals surface area contributed by atoms with E-state index in [1.54, 1.807) is 0 Å². The Morgan fingerprint density at radius 3 is 2.25 bits per heavy atom. The minimum absolute atomic E-state index is 0.293. The molecular weight excluding hydrogens is 385 g/mol. The zero-order valence-corrected chi connectivity index (χ0v) is 17.4. The van der Waals surface area contributed by atoms with Crippen molar-refractivity contribution in [1.82, 2.24) is 4.57 Å². The fourth-order valence-electron chi connectivity index (χ4n) is 6.22. The molecule has 6 aromatic rings. The number of para-hydroxylation sites is 1. The summed E-state index contributed by atoms with van der Waals surface area (Å²) in [4.78, 5) is 0. The highest BCUT2D eigenvalue weighted by molar-refractivity contribution is 7.01. The van der Waals surface area contributed by atoms with Gasteiger partial charge in [0.15, 0.2) is 0 Å². The van der Waals surface area contributed by atoms with Gasteiger partial charge < -0.3 is 4.57 Å². The van der Waals surface area contributed by atoms with Gasteiger partial charge in [0, 0.05) is 22.0 Å². The lowest BCUT2D eigenvalue weighted by Gasteiger charge is -2.25. The van der Waals surface area contributed by atoms with Gasteiger partial charge in [0.2, 0.25) is 6.71 Å². The minimum atomic E-state index is 0.293. The molecule has 1 nitrogen and oxygen atoms in total. The molecule has 2 aliphatic rings. The molecule has 146 valence electrons. The number of fused-ring (bicyclic) bond motifs is 8. The molecule has 0 N–H and O–H groups in total. The van der Waals surface area contributed by atoms with Crippen LogP contribution >= 0.6 is 0 Å². The number of nitrogens with zero attached hydrogens (tertiary/aromatic N) is 1. The summed E-state index contributed by atoms with van der Waals surface area (Å²) in [7, 11) is 0. The average molecular weight is 403 g/mol. The number of rotatable bonds is 1. The van der Waals surface area contributed by atoms with Crippen LogP contribution in [0.25, 0.3) is 49.7 Å². The highest BCUT2D eigenvalue weighted by Crippen LogP contribution is 2.40. The van der Waals surface area contributed by atoms with Crippen LogP contribution in [0.5, 0.6) is 0 Å². The van der Waals surface area contributed by atoms with Crippen molar-refractivity contribution in [2.75, 3.05) is 0 Å². The molecule has 8 rings (SSSR count). The maximum Gasteiger partial charge on any atom is 0.248 e. The summed E-state index contributed by atoms with van der Waals surface area (Å²) in [5.74, 6) is 0. The highest BCUT2D eigenvalue weighted by atomic mass is 15.0. The molecule has 0 saturated heterocycles. The number of aromatic nitrogens is 1. The van der Waals surface area contributed by atoms with Crippen LogP contribution in [0, 0.1) is 0 Å². The van der Waals surface area contributed by atoms with Crippen molar-refractivity contribution in [1.29, 1.82) is 0 Å². The van der Waals surface area contributed by atoms with E-state index >= 15 is 0 Å². The number of hydrogen-bond acceptors (Lipinski definition) is 0. The second kappa shape index (κ2) is 5.80. The molecule has 0 aliphatic carbocycles. The summed E-state index contributed by atoms with van der Waals surface area (Å²) in [6.45, 7) is 0.293. The number of benzene rings is 5. The predicted octanol–water partition coefficient (Wildman–Crippen LogP) is 5.26. The maximum absolute atomic E-state index is 2.52. The third-order valence-electron chi connectivity index (χ3n) is 7.42. The van der Waals surface area contributed by atoms with Crippen molar-refractivity contribution in [2.24, 2.45) is 0 Å². The summed E-state index contributed by atoms with van der Waals surface area (Å²) in [6, 6.07) is 40.2. The number of hydrogen-bond donors (Lipinski definition) is 0. The lowest BCUT2D eigenvalue weighted by Crippen LogP contribution is -2.53. The Balaban J connectivity index is 1.62. The van der Waals surface area contributed by atoms with Crippen LogP contribution in [0.1, 0.15) is 0 Å². The van der Waals surface area contributed by atoms with Crippen LogP contribution in [-0.4, -0.2) is 11.3 Å². The summed E-state index contributed by atoms with van der Waals surface area (Å²) in [5, 5.41) is 2.69. The Labute approximate surface area is 186 Å². The zero-order chi connectivity index (χ0) is 20.8. The summed E-state index contributed by atoms with van der Waals surface area (Å²) < 4.78 is 2.52. The molecule has 0 unspecified atom stereocenters. The van der Waals surface area contributed by atoms with E-state index in [0.717, 1.165) is 0 Å². The molecule has 0 bridgehead atoms. The Bertz CT molecular complexity index is 1730. The van der Waals surface area contributed by atoms with E-state index in [1.165, 1.54) is 66.1 Å². The molecule has 1 aromatic heterocycles. The lowest BCUT2D eigenvalue weighted by atomic mass is 9.37. The summed E-state index contributed by atoms with van der Waals surface area (Å²) in [6.07, 6.45) is 0. The standard InChI is InChI=1S/C30H18BN/c1-2-9-19(10-3-1)20-17-18-25-30-28(20)23-12-5-7-15-26(23)32(30)27-16-8-13-22-21-11-4-6-14-24(21)31(25)29(22)27/h1-18H. The van der Waals surface area contributed by atoms with Gasteiger partial charge in [-0.25, -0.2) is 0 Å². The summed E-state index contributed by atoms with van der Waals surface area (Å²) in [5.41, 5.74) is 13.6. The van der Waals surface area contributed by atoms with Gasteiger partial charge in [-0.15, -0.1) is 0 Å². The van der Waals surface area contributed by atoms with Gasteiger partial charge in [-0.3, -0.25) is 0 Å². The van der Waals surface area contributed by atoms with Crippen molar-refractivity contribution in [3.05, 3.63) is 109 Å². The Morgan fingerprint density at radius 2 is 1.31 bits per heavy atom. The molecule has 2 aliphatic heterocycles. The predicted molar refractivity (Wildman–Crippen MR) is 136 cm³/mol. The molecule has 0 atom stereocenters. The molecule has 0 fully saturated rings. The molecule has 0 amide bonds. The first kappa shape index (κ1) is 16.6. The minimum Gasteiger partial charge on any atom is -0.310 e. The first-order valence-electron chi connectivity index (χ1n) is 11.3. The Kier molecular flexibility index (Phi) is 3.02. The van der Waals surface area contributed by atoms with E-state index in [0.29, 0.717) is 6.71 Å². The van der Waals surface area contributed by atoms with Crippen LogP contribution in [0.15, 0.2) is 109 Å². The second-order valence-corrected chi connectivity index (χ2v) is 8.90. The van der Waals surface area contributed by atoms with Crippen molar-refractivity contribution in [2.45, 2.75) is 0 Å². The second-order valence-electron chi connectivity index (χ2n) is 8.90. The monoisotopic (exact) mass is 403 g/mol. The van der Waals surface area contributed by atoms with Crippen LogP contribution in [0.2, 0.25) is 0 Å². The van der Waals surface area contributed by atoms with Crippen LogP contribution in [0.3, 0.4) is 0 Å². The van der Waals surface area contributed by atoms with Gasteiger partial charge in [0.05, 0.1) is 5.52 Å². The normalized spacial score (nSPS) is 12.9. The highest BCUT2D eigenvalue weighted by Gasteiger charge is 2.40. The third kappa shape index (κ3) is 1.87. The van der Waals surface area contributed by atoms with E-state index in [2.05, 4.69) is 114 Å². The van der Waals surface area contributed by atoms with E-state index < -0.39 is 0 Å². The molecular formula is C30H18BN. The van der Waals surface area contributed by atoms with Crippen LogP contribution < -0.4 is 16.4 Å². The van der Waals surface area contributed by atoms with Crippen molar-refractivity contribution < 1.29 is 0 Å². The van der Waals surface area contributed by atoms with Gasteiger partial charge in [-0.05, 0) is 45.3 Å². The molecule has 32 heavy (non-hydrogen) atoms. The quantitative estimate of drug-likeness (QED) is 0.330. The zero-order valence-electron chi connectivity index (χ0n) is 17.4. The largest absolute Gasteiger partial charge is 0.310 e. The smallest absolute Gasteiger partial charge is 0.248 e. The van der Waals surface area contributed by atoms with Crippen molar-refractivity contribution in [3.8, 4) is 27.9 Å². The fourth-order valence-corrected chi connectivity index (χ4v) is 6.22. The first-order valence-corrected chi connectivity index (χ1v) is 11.3. The first-order chi connectivity index (χ1) is 15.9. The van der Waals surface area contributed by atoms with Gasteiger partial charge >= 0.3 is 0 Å². The van der Waals surface area contributed by atoms with Crippen molar-refractivity contribution >= 4 is 44.9 Å². The fraction of sp³-hybridized carbons (Fsp3) is 0. The Hall–Kier alpha value is -4.04. The van der Waals surface area contributed by atoms with Gasteiger partial charge in [0.25, 0.3) is 0 Å².